The van der Waals surface area contributed by atoms with Crippen molar-refractivity contribution in [3.63, 3.8) is 0 Å². The molecule has 2 aromatic carbocycles. The Balaban J connectivity index is 1.72. The van der Waals surface area contributed by atoms with Gasteiger partial charge in [-0.15, -0.1) is 0 Å². The highest BCUT2D eigenvalue weighted by Crippen LogP contribution is 2.41. The highest BCUT2D eigenvalue weighted by atomic mass is 16.5. The number of benzene rings is 2. The summed E-state index contributed by atoms with van der Waals surface area (Å²) in [6, 6.07) is 16.2. The van der Waals surface area contributed by atoms with Crippen LogP contribution in [0.3, 0.4) is 0 Å². The Hall–Kier alpha value is -2.00. The predicted octanol–water partition coefficient (Wildman–Crippen LogP) is 3.68. The summed E-state index contributed by atoms with van der Waals surface area (Å²) in [4.78, 5) is 0. The molecule has 110 valence electrons. The first-order valence-electron chi connectivity index (χ1n) is 7.38. The minimum Gasteiger partial charge on any atom is -0.493 e. The average molecular weight is 283 g/mol. The second-order valence-corrected chi connectivity index (χ2v) is 5.55. The van der Waals surface area contributed by atoms with E-state index in [9.17, 15) is 0 Å². The summed E-state index contributed by atoms with van der Waals surface area (Å²) >= 11 is 0. The first-order chi connectivity index (χ1) is 10.3. The van der Waals surface area contributed by atoms with Gasteiger partial charge in [-0.1, -0.05) is 36.4 Å². The summed E-state index contributed by atoms with van der Waals surface area (Å²) in [5.74, 6) is 2.14. The van der Waals surface area contributed by atoms with Crippen LogP contribution in [0, 0.1) is 5.92 Å². The van der Waals surface area contributed by atoms with Crippen molar-refractivity contribution in [1.29, 1.82) is 0 Å². The van der Waals surface area contributed by atoms with Gasteiger partial charge in [0.05, 0.1) is 7.11 Å². The van der Waals surface area contributed by atoms with Crippen LogP contribution in [0.5, 0.6) is 11.5 Å². The fourth-order valence-electron chi connectivity index (χ4n) is 2.47. The van der Waals surface area contributed by atoms with Gasteiger partial charge in [-0.25, -0.2) is 0 Å². The summed E-state index contributed by atoms with van der Waals surface area (Å²) in [6.07, 6.45) is 2.46. The molecule has 3 nitrogen and oxygen atoms in total. The number of hydrogen-bond acceptors (Lipinski definition) is 3. The molecule has 0 heterocycles. The Bertz CT molecular complexity index is 593. The Kier molecular flexibility index (Phi) is 4.11. The molecule has 1 aliphatic rings. The highest BCUT2D eigenvalue weighted by molar-refractivity contribution is 5.44. The lowest BCUT2D eigenvalue weighted by atomic mass is 10.0. The van der Waals surface area contributed by atoms with Gasteiger partial charge in [0.1, 0.15) is 6.61 Å². The summed E-state index contributed by atoms with van der Waals surface area (Å²) in [5, 5.41) is 0. The predicted molar refractivity (Wildman–Crippen MR) is 83.4 cm³/mol. The van der Waals surface area contributed by atoms with Gasteiger partial charge in [0, 0.05) is 6.04 Å². The first kappa shape index (κ1) is 14.0. The molecule has 0 radical (unpaired) electrons. The monoisotopic (exact) mass is 283 g/mol. The maximum atomic E-state index is 6.24. The van der Waals surface area contributed by atoms with E-state index in [0.717, 1.165) is 22.6 Å². The SMILES string of the molecule is COc1cc([C@@H](N)C2CC2)ccc1OCc1ccccc1. The molecule has 3 heteroatoms. The fourth-order valence-corrected chi connectivity index (χ4v) is 2.47. The second kappa shape index (κ2) is 6.19. The Morgan fingerprint density at radius 2 is 1.86 bits per heavy atom. The van der Waals surface area contributed by atoms with Crippen molar-refractivity contribution in [2.75, 3.05) is 7.11 Å². The van der Waals surface area contributed by atoms with E-state index in [-0.39, 0.29) is 6.04 Å². The van der Waals surface area contributed by atoms with Crippen LogP contribution < -0.4 is 15.2 Å². The number of methoxy groups -OCH3 is 1. The van der Waals surface area contributed by atoms with Gasteiger partial charge in [-0.2, -0.15) is 0 Å². The second-order valence-electron chi connectivity index (χ2n) is 5.55. The third-order valence-electron chi connectivity index (χ3n) is 3.94. The fraction of sp³-hybridized carbons (Fsp3) is 0.333. The molecule has 1 atom stereocenters. The van der Waals surface area contributed by atoms with Gasteiger partial charge in [-0.3, -0.25) is 0 Å². The Morgan fingerprint density at radius 3 is 2.52 bits per heavy atom. The largest absolute Gasteiger partial charge is 0.493 e. The smallest absolute Gasteiger partial charge is 0.161 e. The molecule has 21 heavy (non-hydrogen) atoms. The Morgan fingerprint density at radius 1 is 1.10 bits per heavy atom. The minimum absolute atomic E-state index is 0.113. The van der Waals surface area contributed by atoms with Gasteiger partial charge in [0.2, 0.25) is 0 Å². The van der Waals surface area contributed by atoms with E-state index in [1.165, 1.54) is 12.8 Å². The molecule has 0 spiro atoms. The van der Waals surface area contributed by atoms with Gasteiger partial charge in [0.15, 0.2) is 11.5 Å². The lowest BCUT2D eigenvalue weighted by molar-refractivity contribution is 0.284. The van der Waals surface area contributed by atoms with Gasteiger partial charge < -0.3 is 15.2 Å². The zero-order chi connectivity index (χ0) is 14.7. The van der Waals surface area contributed by atoms with Crippen LogP contribution in [0.4, 0.5) is 0 Å². The first-order valence-corrected chi connectivity index (χ1v) is 7.38. The van der Waals surface area contributed by atoms with Gasteiger partial charge >= 0.3 is 0 Å². The van der Waals surface area contributed by atoms with E-state index in [1.807, 2.05) is 48.5 Å². The van der Waals surface area contributed by atoms with Crippen LogP contribution in [0.1, 0.15) is 30.0 Å². The molecule has 3 rings (SSSR count). The van der Waals surface area contributed by atoms with Crippen molar-refractivity contribution < 1.29 is 9.47 Å². The van der Waals surface area contributed by atoms with Crippen molar-refractivity contribution in [2.24, 2.45) is 11.7 Å². The quantitative estimate of drug-likeness (QED) is 0.879. The molecule has 2 aromatic rings. The van der Waals surface area contributed by atoms with E-state index in [2.05, 4.69) is 0 Å². The molecular formula is C18H21NO2. The number of ether oxygens (including phenoxy) is 2. The van der Waals surface area contributed by atoms with Crippen LogP contribution in [0.15, 0.2) is 48.5 Å². The lowest BCUT2D eigenvalue weighted by Gasteiger charge is -2.15. The average Bonchev–Trinajstić information content (AvgIpc) is 3.38. The van der Waals surface area contributed by atoms with Crippen LogP contribution >= 0.6 is 0 Å². The van der Waals surface area contributed by atoms with Crippen molar-refractivity contribution in [2.45, 2.75) is 25.5 Å². The van der Waals surface area contributed by atoms with Crippen LogP contribution in [0.25, 0.3) is 0 Å². The molecule has 2 N–H and O–H groups in total. The van der Waals surface area contributed by atoms with Crippen LogP contribution in [0.2, 0.25) is 0 Å². The maximum absolute atomic E-state index is 6.24. The summed E-state index contributed by atoms with van der Waals surface area (Å²) < 4.78 is 11.3. The lowest BCUT2D eigenvalue weighted by Crippen LogP contribution is -2.12. The van der Waals surface area contributed by atoms with E-state index in [0.29, 0.717) is 12.5 Å². The third-order valence-corrected chi connectivity index (χ3v) is 3.94. The van der Waals surface area contributed by atoms with Crippen molar-refractivity contribution in [3.05, 3.63) is 59.7 Å². The number of rotatable bonds is 6. The van der Waals surface area contributed by atoms with Gasteiger partial charge in [0.25, 0.3) is 0 Å². The van der Waals surface area contributed by atoms with E-state index >= 15 is 0 Å². The number of hydrogen-bond donors (Lipinski definition) is 1. The molecular weight excluding hydrogens is 262 g/mol. The van der Waals surface area contributed by atoms with Crippen LogP contribution in [-0.4, -0.2) is 7.11 Å². The minimum atomic E-state index is 0.113. The van der Waals surface area contributed by atoms with E-state index in [1.54, 1.807) is 7.11 Å². The zero-order valence-electron chi connectivity index (χ0n) is 12.3. The molecule has 0 unspecified atom stereocenters. The Labute approximate surface area is 125 Å². The zero-order valence-corrected chi connectivity index (χ0v) is 12.3. The van der Waals surface area contributed by atoms with Crippen molar-refractivity contribution >= 4 is 0 Å². The number of nitrogens with two attached hydrogens (primary N) is 1. The van der Waals surface area contributed by atoms with Gasteiger partial charge in [-0.05, 0) is 42.0 Å². The normalized spacial score (nSPS) is 15.5. The molecule has 0 aliphatic heterocycles. The summed E-state index contributed by atoms with van der Waals surface area (Å²) in [6.45, 7) is 0.533. The summed E-state index contributed by atoms with van der Waals surface area (Å²) in [5.41, 5.74) is 8.51. The topological polar surface area (TPSA) is 44.5 Å². The third kappa shape index (κ3) is 3.37. The molecule has 0 bridgehead atoms. The van der Waals surface area contributed by atoms with E-state index < -0.39 is 0 Å². The highest BCUT2D eigenvalue weighted by Gasteiger charge is 2.29. The van der Waals surface area contributed by atoms with Crippen LogP contribution in [-0.2, 0) is 6.61 Å². The molecule has 0 saturated heterocycles. The van der Waals surface area contributed by atoms with Crippen molar-refractivity contribution in [1.82, 2.24) is 0 Å². The summed E-state index contributed by atoms with van der Waals surface area (Å²) in [7, 11) is 1.66. The standard InChI is InChI=1S/C18H21NO2/c1-20-17-11-15(18(19)14-7-8-14)9-10-16(17)21-12-13-5-3-2-4-6-13/h2-6,9-11,14,18H,7-8,12,19H2,1H3/t18-/m0/s1. The molecule has 1 saturated carbocycles. The molecule has 1 aliphatic carbocycles. The molecule has 0 aromatic heterocycles. The van der Waals surface area contributed by atoms with E-state index in [4.69, 9.17) is 15.2 Å². The molecule has 0 amide bonds. The molecule has 1 fully saturated rings. The van der Waals surface area contributed by atoms with Crippen molar-refractivity contribution in [3.8, 4) is 11.5 Å². The maximum Gasteiger partial charge on any atom is 0.161 e.